The van der Waals surface area contributed by atoms with Crippen molar-refractivity contribution in [2.24, 2.45) is 0 Å². The Kier molecular flexibility index (Phi) is 5.46. The van der Waals surface area contributed by atoms with E-state index in [0.29, 0.717) is 12.1 Å². The lowest BCUT2D eigenvalue weighted by molar-refractivity contribution is 0.294. The van der Waals surface area contributed by atoms with Gasteiger partial charge in [0.1, 0.15) is 0 Å². The number of aryl methyl sites for hydroxylation is 1. The Balaban J connectivity index is 2.01. The van der Waals surface area contributed by atoms with Crippen LogP contribution in [0, 0.1) is 6.92 Å². The van der Waals surface area contributed by atoms with Gasteiger partial charge in [-0.15, -0.1) is 0 Å². The lowest BCUT2D eigenvalue weighted by atomic mass is 10.2. The van der Waals surface area contributed by atoms with Gasteiger partial charge in [0.2, 0.25) is 5.95 Å². The quantitative estimate of drug-likeness (QED) is 0.829. The molecule has 1 aromatic rings. The Bertz CT molecular complexity index is 403. The zero-order valence-corrected chi connectivity index (χ0v) is 13.5. The van der Waals surface area contributed by atoms with Crippen molar-refractivity contribution < 1.29 is 0 Å². The molecule has 1 aliphatic rings. The van der Waals surface area contributed by atoms with Crippen molar-refractivity contribution in [2.75, 3.05) is 25.0 Å². The van der Waals surface area contributed by atoms with Crippen LogP contribution in [0.15, 0.2) is 6.20 Å². The van der Waals surface area contributed by atoms with Crippen LogP contribution in [0.5, 0.6) is 0 Å². The average Bonchev–Trinajstić information content (AvgIpc) is 3.05. The summed E-state index contributed by atoms with van der Waals surface area (Å²) in [5.74, 6) is 1.06. The first-order chi connectivity index (χ1) is 9.63. The molecule has 4 nitrogen and oxygen atoms in total. The molecule has 0 amide bonds. The Morgan fingerprint density at radius 2 is 2.00 bits per heavy atom. The molecule has 20 heavy (non-hydrogen) atoms. The van der Waals surface area contributed by atoms with E-state index in [0.717, 1.165) is 31.3 Å². The first kappa shape index (κ1) is 15.4. The van der Waals surface area contributed by atoms with E-state index in [9.17, 15) is 0 Å². The number of hydrogen-bond acceptors (Lipinski definition) is 3. The van der Waals surface area contributed by atoms with Gasteiger partial charge in [0.25, 0.3) is 0 Å². The maximum Gasteiger partial charge on any atom is 0.203 e. The fourth-order valence-electron chi connectivity index (χ4n) is 3.22. The third-order valence-electron chi connectivity index (χ3n) is 4.37. The number of anilines is 1. The molecule has 1 aromatic heterocycles. The van der Waals surface area contributed by atoms with Crippen LogP contribution in [0.3, 0.4) is 0 Å². The molecule has 2 rings (SSSR count). The van der Waals surface area contributed by atoms with Gasteiger partial charge in [-0.25, -0.2) is 4.98 Å². The van der Waals surface area contributed by atoms with Crippen LogP contribution in [0.2, 0.25) is 0 Å². The van der Waals surface area contributed by atoms with Gasteiger partial charge in [-0.2, -0.15) is 0 Å². The second-order valence-corrected chi connectivity index (χ2v) is 6.08. The lowest BCUT2D eigenvalue weighted by Gasteiger charge is -2.25. The predicted octanol–water partition coefficient (Wildman–Crippen LogP) is 3.45. The molecular formula is C16H30N4. The van der Waals surface area contributed by atoms with Crippen LogP contribution < -0.4 is 5.32 Å². The smallest absolute Gasteiger partial charge is 0.203 e. The highest BCUT2D eigenvalue weighted by molar-refractivity contribution is 5.31. The van der Waals surface area contributed by atoms with E-state index in [-0.39, 0.29) is 0 Å². The maximum absolute atomic E-state index is 4.69. The molecule has 1 unspecified atom stereocenters. The Morgan fingerprint density at radius 1 is 1.35 bits per heavy atom. The molecule has 0 radical (unpaired) electrons. The number of imidazole rings is 1. The summed E-state index contributed by atoms with van der Waals surface area (Å²) >= 11 is 0. The lowest BCUT2D eigenvalue weighted by Crippen LogP contribution is -2.35. The van der Waals surface area contributed by atoms with E-state index >= 15 is 0 Å². The highest BCUT2D eigenvalue weighted by Crippen LogP contribution is 2.32. The van der Waals surface area contributed by atoms with Crippen molar-refractivity contribution in [3.05, 3.63) is 11.9 Å². The second kappa shape index (κ2) is 7.11. The molecule has 1 heterocycles. The van der Waals surface area contributed by atoms with Crippen molar-refractivity contribution in [1.29, 1.82) is 0 Å². The largest absolute Gasteiger partial charge is 0.352 e. The van der Waals surface area contributed by atoms with Crippen molar-refractivity contribution in [1.82, 2.24) is 14.5 Å². The molecule has 0 bridgehead atoms. The van der Waals surface area contributed by atoms with Gasteiger partial charge in [0, 0.05) is 24.8 Å². The zero-order chi connectivity index (χ0) is 14.5. The highest BCUT2D eigenvalue weighted by Gasteiger charge is 2.21. The maximum atomic E-state index is 4.69. The summed E-state index contributed by atoms with van der Waals surface area (Å²) in [6, 6.07) is 1.08. The van der Waals surface area contributed by atoms with Gasteiger partial charge in [0.05, 0.1) is 5.69 Å². The van der Waals surface area contributed by atoms with Crippen LogP contribution in [0.4, 0.5) is 5.95 Å². The summed E-state index contributed by atoms with van der Waals surface area (Å²) in [7, 11) is 0. The first-order valence-electron chi connectivity index (χ1n) is 8.18. The minimum atomic E-state index is 0.428. The van der Waals surface area contributed by atoms with E-state index in [1.54, 1.807) is 0 Å². The van der Waals surface area contributed by atoms with Crippen molar-refractivity contribution in [3.63, 3.8) is 0 Å². The van der Waals surface area contributed by atoms with Crippen LogP contribution in [-0.2, 0) is 0 Å². The predicted molar refractivity (Wildman–Crippen MR) is 85.3 cm³/mol. The number of hydrogen-bond donors (Lipinski definition) is 1. The van der Waals surface area contributed by atoms with Crippen LogP contribution >= 0.6 is 0 Å². The molecule has 1 fully saturated rings. The summed E-state index contributed by atoms with van der Waals surface area (Å²) in [6.45, 7) is 12.1. The number of rotatable bonds is 7. The van der Waals surface area contributed by atoms with Crippen LogP contribution in [-0.4, -0.2) is 40.1 Å². The molecule has 1 N–H and O–H groups in total. The minimum Gasteiger partial charge on any atom is -0.352 e. The molecule has 4 heteroatoms. The van der Waals surface area contributed by atoms with Gasteiger partial charge >= 0.3 is 0 Å². The molecule has 1 saturated carbocycles. The normalized spacial score (nSPS) is 17.9. The van der Waals surface area contributed by atoms with Gasteiger partial charge in [-0.3, -0.25) is 0 Å². The van der Waals surface area contributed by atoms with E-state index in [1.807, 2.05) is 0 Å². The van der Waals surface area contributed by atoms with Crippen molar-refractivity contribution >= 4 is 5.95 Å². The topological polar surface area (TPSA) is 33.1 Å². The Hall–Kier alpha value is -1.03. The number of likely N-dealkylation sites (N-methyl/N-ethyl adjacent to an activating group) is 1. The van der Waals surface area contributed by atoms with Crippen molar-refractivity contribution in [3.8, 4) is 0 Å². The SMILES string of the molecule is CCN(CC)CC(C)Nc1nc(C)cn1C1CCCC1. The van der Waals surface area contributed by atoms with Crippen LogP contribution in [0.1, 0.15) is 58.2 Å². The molecule has 0 aliphatic heterocycles. The molecular weight excluding hydrogens is 248 g/mol. The molecule has 1 aliphatic carbocycles. The van der Waals surface area contributed by atoms with E-state index in [1.165, 1.54) is 25.7 Å². The monoisotopic (exact) mass is 278 g/mol. The minimum absolute atomic E-state index is 0.428. The van der Waals surface area contributed by atoms with Gasteiger partial charge in [-0.05, 0) is 39.8 Å². The van der Waals surface area contributed by atoms with E-state index < -0.39 is 0 Å². The molecule has 0 spiro atoms. The third-order valence-corrected chi connectivity index (χ3v) is 4.37. The molecule has 1 atom stereocenters. The molecule has 114 valence electrons. The summed E-state index contributed by atoms with van der Waals surface area (Å²) < 4.78 is 2.38. The number of nitrogens with zero attached hydrogens (tertiary/aromatic N) is 3. The number of nitrogens with one attached hydrogen (secondary N) is 1. The zero-order valence-electron chi connectivity index (χ0n) is 13.5. The Labute approximate surface area is 123 Å². The standard InChI is InChI=1S/C16H30N4/c1-5-19(6-2)11-13(3)17-16-18-14(4)12-20(16)15-9-7-8-10-15/h12-13,15H,5-11H2,1-4H3,(H,17,18). The average molecular weight is 278 g/mol. The van der Waals surface area contributed by atoms with Crippen molar-refractivity contribution in [2.45, 2.75) is 65.5 Å². The molecule has 0 saturated heterocycles. The summed E-state index contributed by atoms with van der Waals surface area (Å²) in [5.41, 5.74) is 1.12. The van der Waals surface area contributed by atoms with E-state index in [4.69, 9.17) is 0 Å². The number of aromatic nitrogens is 2. The molecule has 0 aromatic carbocycles. The third kappa shape index (κ3) is 3.75. The van der Waals surface area contributed by atoms with Gasteiger partial charge < -0.3 is 14.8 Å². The fraction of sp³-hybridized carbons (Fsp3) is 0.812. The van der Waals surface area contributed by atoms with Gasteiger partial charge in [0.15, 0.2) is 0 Å². The summed E-state index contributed by atoms with van der Waals surface area (Å²) in [5, 5.41) is 3.62. The van der Waals surface area contributed by atoms with E-state index in [2.05, 4.69) is 53.7 Å². The Morgan fingerprint density at radius 3 is 2.60 bits per heavy atom. The fourth-order valence-corrected chi connectivity index (χ4v) is 3.22. The summed E-state index contributed by atoms with van der Waals surface area (Å²) in [6.07, 6.45) is 7.53. The highest BCUT2D eigenvalue weighted by atomic mass is 15.2. The summed E-state index contributed by atoms with van der Waals surface area (Å²) in [4.78, 5) is 7.14. The second-order valence-electron chi connectivity index (χ2n) is 6.08. The van der Waals surface area contributed by atoms with Crippen LogP contribution in [0.25, 0.3) is 0 Å². The first-order valence-corrected chi connectivity index (χ1v) is 8.18. The van der Waals surface area contributed by atoms with Gasteiger partial charge in [-0.1, -0.05) is 26.7 Å².